The lowest BCUT2D eigenvalue weighted by molar-refractivity contribution is -0.240. The molecule has 212 valence electrons. The molecule has 0 unspecified atom stereocenters. The molecule has 0 aromatic rings. The molecule has 5 heteroatoms. The summed E-state index contributed by atoms with van der Waals surface area (Å²) in [5.41, 5.74) is 0.0227. The molecule has 0 radical (unpaired) electrons. The lowest BCUT2D eigenvalue weighted by Crippen LogP contribution is -2.66. The molecule has 0 aromatic carbocycles. The Morgan fingerprint density at radius 1 is 0.763 bits per heavy atom. The van der Waals surface area contributed by atoms with Crippen LogP contribution in [0.2, 0.25) is 0 Å². The van der Waals surface area contributed by atoms with Crippen LogP contribution in [0, 0.1) is 56.7 Å². The van der Waals surface area contributed by atoms with E-state index in [1.54, 1.807) is 14.0 Å². The van der Waals surface area contributed by atoms with Crippen molar-refractivity contribution in [2.45, 2.75) is 124 Å². The summed E-state index contributed by atoms with van der Waals surface area (Å²) in [6.07, 6.45) is 13.6. The number of ketones is 1. The number of ether oxygens (including phenoxy) is 1. The Kier molecular flexibility index (Phi) is 5.94. The second-order valence-electron chi connectivity index (χ2n) is 16.0. The lowest BCUT2D eigenvalue weighted by Gasteiger charge is -2.72. The highest BCUT2D eigenvalue weighted by Gasteiger charge is 2.73. The zero-order valence-corrected chi connectivity index (χ0v) is 25.2. The second kappa shape index (κ2) is 8.38. The molecule has 6 aliphatic rings. The summed E-state index contributed by atoms with van der Waals surface area (Å²) in [5.74, 6) is 2.32. The predicted octanol–water partition coefficient (Wildman–Crippen LogP) is 7.81. The minimum absolute atomic E-state index is 0.0299. The molecular formula is C33H52N2O3. The van der Waals surface area contributed by atoms with Crippen LogP contribution in [-0.2, 0) is 14.3 Å². The summed E-state index contributed by atoms with van der Waals surface area (Å²) in [6, 6.07) is 0. The van der Waals surface area contributed by atoms with E-state index in [9.17, 15) is 9.59 Å². The van der Waals surface area contributed by atoms with Crippen molar-refractivity contribution in [3.63, 3.8) is 0 Å². The molecule has 5 saturated carbocycles. The summed E-state index contributed by atoms with van der Waals surface area (Å²) in [6.45, 7) is 15.3. The first-order valence-electron chi connectivity index (χ1n) is 15.8. The number of carbonyl (C=O) groups is 2. The average Bonchev–Trinajstić information content (AvgIpc) is 3.50. The smallest absolute Gasteiger partial charge is 0.312 e. The number of Topliss-reactive ketones (excluding diaryl/α,β-unsaturated/α-hetero) is 1. The molecule has 0 spiro atoms. The summed E-state index contributed by atoms with van der Waals surface area (Å²) in [5, 5.41) is 9.10. The predicted molar refractivity (Wildman–Crippen MR) is 149 cm³/mol. The van der Waals surface area contributed by atoms with E-state index in [2.05, 4.69) is 39.7 Å². The van der Waals surface area contributed by atoms with Crippen molar-refractivity contribution in [1.82, 2.24) is 0 Å². The van der Waals surface area contributed by atoms with Crippen molar-refractivity contribution in [3.8, 4) is 0 Å². The normalized spacial score (nSPS) is 52.9. The number of hydrogen-bond acceptors (Lipinski definition) is 5. The minimum Gasteiger partial charge on any atom is -0.469 e. The largest absolute Gasteiger partial charge is 0.469 e. The van der Waals surface area contributed by atoms with Crippen molar-refractivity contribution < 1.29 is 14.3 Å². The van der Waals surface area contributed by atoms with Crippen molar-refractivity contribution in [2.75, 3.05) is 13.7 Å². The second-order valence-corrected chi connectivity index (χ2v) is 16.0. The first-order chi connectivity index (χ1) is 17.8. The van der Waals surface area contributed by atoms with Gasteiger partial charge in [0.1, 0.15) is 5.54 Å². The van der Waals surface area contributed by atoms with Crippen molar-refractivity contribution in [3.05, 3.63) is 0 Å². The Balaban J connectivity index is 1.44. The fourth-order valence-electron chi connectivity index (χ4n) is 13.0. The molecule has 6 rings (SSSR count). The van der Waals surface area contributed by atoms with Crippen LogP contribution in [0.15, 0.2) is 10.2 Å². The molecule has 0 bridgehead atoms. The van der Waals surface area contributed by atoms with E-state index in [0.717, 1.165) is 37.5 Å². The molecule has 10 atom stereocenters. The third-order valence-electron chi connectivity index (χ3n) is 14.8. The maximum atomic E-state index is 13.7. The highest BCUT2D eigenvalue weighted by atomic mass is 16.5. The van der Waals surface area contributed by atoms with E-state index in [1.165, 1.54) is 44.9 Å². The molecule has 0 amide bonds. The fourth-order valence-corrected chi connectivity index (χ4v) is 13.0. The molecule has 0 N–H and O–H groups in total. The van der Waals surface area contributed by atoms with Gasteiger partial charge in [-0.05, 0) is 122 Å². The Morgan fingerprint density at radius 2 is 1.53 bits per heavy atom. The maximum absolute atomic E-state index is 13.7. The van der Waals surface area contributed by atoms with Gasteiger partial charge >= 0.3 is 5.97 Å². The van der Waals surface area contributed by atoms with Gasteiger partial charge in [-0.1, -0.05) is 41.0 Å². The Bertz CT molecular complexity index is 1050. The summed E-state index contributed by atoms with van der Waals surface area (Å²) >= 11 is 0. The van der Waals surface area contributed by atoms with E-state index in [4.69, 9.17) is 9.85 Å². The van der Waals surface area contributed by atoms with Crippen molar-refractivity contribution in [1.29, 1.82) is 0 Å². The zero-order chi connectivity index (χ0) is 27.4. The average molecular weight is 525 g/mol. The molecule has 5 aliphatic carbocycles. The number of methoxy groups -OCH3 is 1. The van der Waals surface area contributed by atoms with Crippen LogP contribution in [0.5, 0.6) is 0 Å². The highest BCUT2D eigenvalue weighted by Crippen LogP contribution is 2.78. The van der Waals surface area contributed by atoms with Crippen LogP contribution >= 0.6 is 0 Å². The number of fused-ring (bicyclic) bond motifs is 7. The summed E-state index contributed by atoms with van der Waals surface area (Å²) in [4.78, 5) is 27.0. The molecule has 38 heavy (non-hydrogen) atoms. The monoisotopic (exact) mass is 524 g/mol. The quantitative estimate of drug-likeness (QED) is 0.354. The molecule has 5 nitrogen and oxygen atoms in total. The maximum Gasteiger partial charge on any atom is 0.312 e. The fraction of sp³-hybridized carbons (Fsp3) is 0.939. The van der Waals surface area contributed by atoms with Gasteiger partial charge in [0.25, 0.3) is 0 Å². The van der Waals surface area contributed by atoms with Gasteiger partial charge in [0.2, 0.25) is 0 Å². The van der Waals surface area contributed by atoms with Crippen LogP contribution in [0.3, 0.4) is 0 Å². The number of esters is 1. The number of hydrogen-bond donors (Lipinski definition) is 0. The third kappa shape index (κ3) is 3.11. The van der Waals surface area contributed by atoms with E-state index in [0.29, 0.717) is 29.7 Å². The van der Waals surface area contributed by atoms with Gasteiger partial charge in [-0.25, -0.2) is 0 Å². The van der Waals surface area contributed by atoms with Crippen LogP contribution in [0.25, 0.3) is 0 Å². The van der Waals surface area contributed by atoms with Gasteiger partial charge in [0.15, 0.2) is 5.78 Å². The van der Waals surface area contributed by atoms with Gasteiger partial charge < -0.3 is 4.74 Å². The number of nitrogens with zero attached hydrogens (tertiary/aromatic N) is 2. The van der Waals surface area contributed by atoms with E-state index in [-0.39, 0.29) is 34.4 Å². The Labute approximate surface area is 230 Å². The third-order valence-corrected chi connectivity index (χ3v) is 14.8. The van der Waals surface area contributed by atoms with Gasteiger partial charge in [0, 0.05) is 6.42 Å². The Hall–Kier alpha value is -1.26. The van der Waals surface area contributed by atoms with Crippen molar-refractivity contribution >= 4 is 11.8 Å². The topological polar surface area (TPSA) is 68.1 Å². The lowest BCUT2D eigenvalue weighted by atomic mass is 9.32. The van der Waals surface area contributed by atoms with Gasteiger partial charge in [-0.2, -0.15) is 10.2 Å². The molecule has 1 aliphatic heterocycles. The van der Waals surface area contributed by atoms with Crippen molar-refractivity contribution in [2.24, 2.45) is 66.9 Å². The highest BCUT2D eigenvalue weighted by molar-refractivity contribution is 5.87. The summed E-state index contributed by atoms with van der Waals surface area (Å²) in [7, 11) is 1.57. The molecule has 5 fully saturated rings. The standard InChI is InChI=1S/C33H52N2O3/c1-21(36)33(19-20-34-35-33)23-11-16-32(27(37)38-7)18-17-30(5)22(26(23)32)9-10-25-29(4)14-8-13-28(2,3)24(29)12-15-31(25,30)6/h22-26H,8-20H2,1-7H3/t22-,23-,24+,25-,26+,29+,30-,31-,32+,33-/m1/s1. The first-order valence-corrected chi connectivity index (χ1v) is 15.8. The van der Waals surface area contributed by atoms with Gasteiger partial charge in [-0.15, -0.1) is 0 Å². The van der Waals surface area contributed by atoms with Crippen LogP contribution in [0.4, 0.5) is 0 Å². The van der Waals surface area contributed by atoms with Crippen LogP contribution in [0.1, 0.15) is 119 Å². The number of azo groups is 1. The van der Waals surface area contributed by atoms with Crippen LogP contribution < -0.4 is 0 Å². The minimum atomic E-state index is -0.743. The van der Waals surface area contributed by atoms with E-state index in [1.807, 2.05) is 0 Å². The summed E-state index contributed by atoms with van der Waals surface area (Å²) < 4.78 is 5.57. The number of rotatable bonds is 3. The SMILES string of the molecule is COC(=O)[C@]12CC[C@@H]([C@]3(C(C)=O)CCN=N3)[C@@H]1[C@H]1CC[C@@H]3[C@@]4(C)CCCC(C)(C)[C@@H]4CC[C@@]3(C)[C@]1(C)CC2. The van der Waals surface area contributed by atoms with E-state index < -0.39 is 11.0 Å². The molecule has 0 saturated heterocycles. The van der Waals surface area contributed by atoms with Crippen LogP contribution in [-0.4, -0.2) is 30.9 Å². The number of carbonyl (C=O) groups excluding carboxylic acids is 2. The Morgan fingerprint density at radius 3 is 2.18 bits per heavy atom. The first kappa shape index (κ1) is 26.9. The molecule has 1 heterocycles. The molecule has 0 aromatic heterocycles. The van der Waals surface area contributed by atoms with Gasteiger partial charge in [0.05, 0.1) is 19.1 Å². The zero-order valence-electron chi connectivity index (χ0n) is 25.2. The molecular weight excluding hydrogens is 472 g/mol. The van der Waals surface area contributed by atoms with E-state index >= 15 is 0 Å². The van der Waals surface area contributed by atoms with Gasteiger partial charge in [-0.3, -0.25) is 9.59 Å².